The molecule has 0 aromatic carbocycles. The van der Waals surface area contributed by atoms with Crippen molar-refractivity contribution in [2.75, 3.05) is 0 Å². The molecule has 2 aromatic rings. The Morgan fingerprint density at radius 3 is 1.31 bits per heavy atom. The first-order chi connectivity index (χ1) is 20.4. The van der Waals surface area contributed by atoms with Gasteiger partial charge in [-0.3, -0.25) is 9.13 Å². The molecule has 6 rings (SSSR count). The molecule has 4 N–H and O–H groups in total. The summed E-state index contributed by atoms with van der Waals surface area (Å²) in [4.78, 5) is 0. The summed E-state index contributed by atoms with van der Waals surface area (Å²) >= 11 is 0. The molecule has 4 aliphatic carbocycles. The predicted octanol–water partition coefficient (Wildman–Crippen LogP) is 8.46. The number of aromatic hydroxyl groups is 4. The number of fused-ring (bicyclic) bond motifs is 10. The Labute approximate surface area is 250 Å². The second-order valence-corrected chi connectivity index (χ2v) is 13.3. The topological polar surface area (TPSA) is 90.8 Å². The van der Waals surface area contributed by atoms with Gasteiger partial charge in [-0.15, -0.1) is 13.2 Å². The van der Waals surface area contributed by atoms with E-state index in [9.17, 15) is 20.4 Å². The molecule has 2 aromatic heterocycles. The van der Waals surface area contributed by atoms with E-state index in [0.717, 1.165) is 73.6 Å². The third-order valence-electron chi connectivity index (χ3n) is 10.7. The third kappa shape index (κ3) is 4.53. The van der Waals surface area contributed by atoms with Crippen LogP contribution >= 0.6 is 0 Å². The van der Waals surface area contributed by atoms with Crippen molar-refractivity contribution in [3.05, 3.63) is 71.9 Å². The highest BCUT2D eigenvalue weighted by Crippen LogP contribution is 2.62. The Morgan fingerprint density at radius 2 is 0.952 bits per heavy atom. The fraction of sp³-hybridized carbons (Fsp3) is 0.556. The van der Waals surface area contributed by atoms with Crippen LogP contribution in [0.4, 0.5) is 0 Å². The van der Waals surface area contributed by atoms with Crippen molar-refractivity contribution in [3.8, 4) is 23.5 Å². The summed E-state index contributed by atoms with van der Waals surface area (Å²) < 4.78 is 3.45. The van der Waals surface area contributed by atoms with Crippen molar-refractivity contribution >= 4 is 0 Å². The van der Waals surface area contributed by atoms with Crippen molar-refractivity contribution in [2.24, 2.45) is 0 Å². The fourth-order valence-corrected chi connectivity index (χ4v) is 8.73. The van der Waals surface area contributed by atoms with E-state index in [1.807, 2.05) is 12.2 Å². The van der Waals surface area contributed by atoms with Crippen LogP contribution in [0.3, 0.4) is 0 Å². The van der Waals surface area contributed by atoms with E-state index in [-0.39, 0.29) is 46.2 Å². The highest BCUT2D eigenvalue weighted by molar-refractivity contribution is 5.63. The summed E-state index contributed by atoms with van der Waals surface area (Å²) in [5.41, 5.74) is 3.35. The SMILES string of the molecule is C=CCC12C=CC(C1)c1c2c(O)n(CCCCCCCCCCCCn2c(O)c3c(c2O)C2(CC=C)C=CC3C2)c1O. The van der Waals surface area contributed by atoms with Gasteiger partial charge in [0.05, 0.1) is 0 Å². The zero-order valence-corrected chi connectivity index (χ0v) is 25.0. The third-order valence-corrected chi connectivity index (χ3v) is 10.7. The largest absolute Gasteiger partial charge is 0.494 e. The van der Waals surface area contributed by atoms with E-state index in [2.05, 4.69) is 37.5 Å². The van der Waals surface area contributed by atoms with Gasteiger partial charge in [0.25, 0.3) is 0 Å². The second kappa shape index (κ2) is 11.4. The van der Waals surface area contributed by atoms with Gasteiger partial charge in [-0.1, -0.05) is 87.8 Å². The maximum absolute atomic E-state index is 11.0. The van der Waals surface area contributed by atoms with Crippen LogP contribution in [0, 0.1) is 0 Å². The lowest BCUT2D eigenvalue weighted by Gasteiger charge is -2.23. The molecule has 0 aliphatic heterocycles. The Hall–Kier alpha value is -3.28. The molecule has 6 nitrogen and oxygen atoms in total. The maximum atomic E-state index is 11.0. The van der Waals surface area contributed by atoms with Crippen LogP contribution < -0.4 is 0 Å². The van der Waals surface area contributed by atoms with Crippen LogP contribution in [0.1, 0.15) is 124 Å². The van der Waals surface area contributed by atoms with Gasteiger partial charge in [0.1, 0.15) is 0 Å². The minimum Gasteiger partial charge on any atom is -0.494 e. The van der Waals surface area contributed by atoms with Crippen LogP contribution in [0.2, 0.25) is 0 Å². The Kier molecular flexibility index (Phi) is 7.84. The Balaban J connectivity index is 0.857. The molecule has 226 valence electrons. The zero-order chi connectivity index (χ0) is 29.5. The van der Waals surface area contributed by atoms with Crippen molar-refractivity contribution in [1.82, 2.24) is 9.13 Å². The molecule has 4 aliphatic rings. The van der Waals surface area contributed by atoms with E-state index in [1.165, 1.54) is 38.5 Å². The molecule has 6 heteroatoms. The summed E-state index contributed by atoms with van der Waals surface area (Å²) in [6, 6.07) is 0. The Bertz CT molecular complexity index is 1300. The van der Waals surface area contributed by atoms with Gasteiger partial charge in [-0.25, -0.2) is 0 Å². The molecule has 4 unspecified atom stereocenters. The van der Waals surface area contributed by atoms with E-state index in [4.69, 9.17) is 0 Å². The summed E-state index contributed by atoms with van der Waals surface area (Å²) in [5, 5.41) is 43.7. The predicted molar refractivity (Wildman–Crippen MR) is 168 cm³/mol. The van der Waals surface area contributed by atoms with Gasteiger partial charge in [0, 0.05) is 58.0 Å². The number of aromatic nitrogens is 2. The normalized spacial score (nSPS) is 25.9. The second-order valence-electron chi connectivity index (χ2n) is 13.3. The average Bonchev–Trinajstić information content (AvgIpc) is 3.79. The molecule has 4 atom stereocenters. The molecule has 0 radical (unpaired) electrons. The molecule has 2 heterocycles. The molecule has 4 bridgehead atoms. The summed E-state index contributed by atoms with van der Waals surface area (Å²) in [7, 11) is 0. The van der Waals surface area contributed by atoms with E-state index in [1.54, 1.807) is 9.13 Å². The van der Waals surface area contributed by atoms with Crippen molar-refractivity contribution < 1.29 is 20.4 Å². The van der Waals surface area contributed by atoms with Crippen LogP contribution in [-0.4, -0.2) is 29.6 Å². The van der Waals surface area contributed by atoms with Gasteiger partial charge in [0.15, 0.2) is 23.5 Å². The van der Waals surface area contributed by atoms with Crippen LogP contribution in [0.25, 0.3) is 0 Å². The van der Waals surface area contributed by atoms with E-state index >= 15 is 0 Å². The van der Waals surface area contributed by atoms with Crippen molar-refractivity contribution in [1.29, 1.82) is 0 Å². The summed E-state index contributed by atoms with van der Waals surface area (Å²) in [5.74, 6) is 1.45. The zero-order valence-electron chi connectivity index (χ0n) is 25.0. The highest BCUT2D eigenvalue weighted by Gasteiger charge is 2.51. The average molecular weight is 573 g/mol. The van der Waals surface area contributed by atoms with Gasteiger partial charge in [0.2, 0.25) is 0 Å². The van der Waals surface area contributed by atoms with E-state index in [0.29, 0.717) is 13.1 Å². The van der Waals surface area contributed by atoms with Gasteiger partial charge < -0.3 is 20.4 Å². The number of hydrogen-bond donors (Lipinski definition) is 4. The number of nitrogens with zero attached hydrogens (tertiary/aromatic N) is 2. The minimum atomic E-state index is -0.188. The molecular weight excluding hydrogens is 524 g/mol. The quantitative estimate of drug-likeness (QED) is 0.113. The standard InChI is InChI=1S/C36H48N2O4/c1-3-17-35-19-15-25(23-35)27-29(35)33(41)37(31(27)39)21-13-11-9-7-5-6-8-10-12-14-22-38-32(40)28-26-16-20-36(24-26,18-4-2)30(28)34(38)42/h3-4,15-16,19-20,25-26,39-42H,1-2,5-14,17-18,21-24H2. The molecule has 0 fully saturated rings. The summed E-state index contributed by atoms with van der Waals surface area (Å²) in [6.07, 6.45) is 27.4. The molecule has 0 saturated heterocycles. The van der Waals surface area contributed by atoms with Crippen LogP contribution in [0.5, 0.6) is 23.5 Å². The minimum absolute atomic E-state index is 0.188. The highest BCUT2D eigenvalue weighted by atomic mass is 16.3. The van der Waals surface area contributed by atoms with Gasteiger partial charge >= 0.3 is 0 Å². The van der Waals surface area contributed by atoms with Gasteiger partial charge in [-0.05, 0) is 38.5 Å². The fourth-order valence-electron chi connectivity index (χ4n) is 8.73. The van der Waals surface area contributed by atoms with Crippen LogP contribution in [0.15, 0.2) is 49.6 Å². The number of hydrogen-bond acceptors (Lipinski definition) is 4. The molecule has 0 amide bonds. The van der Waals surface area contributed by atoms with Crippen molar-refractivity contribution in [2.45, 2.75) is 126 Å². The molecular formula is C36H48N2O4. The Morgan fingerprint density at radius 1 is 0.595 bits per heavy atom. The first kappa shape index (κ1) is 28.8. The molecule has 0 spiro atoms. The lowest BCUT2D eigenvalue weighted by atomic mass is 9.81. The van der Waals surface area contributed by atoms with Crippen molar-refractivity contribution in [3.63, 3.8) is 0 Å². The lowest BCUT2D eigenvalue weighted by Crippen LogP contribution is -2.17. The smallest absolute Gasteiger partial charge is 0.198 e. The van der Waals surface area contributed by atoms with E-state index < -0.39 is 0 Å². The molecule has 42 heavy (non-hydrogen) atoms. The number of allylic oxidation sites excluding steroid dienone is 6. The lowest BCUT2D eigenvalue weighted by molar-refractivity contribution is 0.348. The monoisotopic (exact) mass is 572 g/mol. The number of rotatable bonds is 17. The summed E-state index contributed by atoms with van der Waals surface area (Å²) in [6.45, 7) is 9.13. The first-order valence-corrected chi connectivity index (χ1v) is 16.3. The van der Waals surface area contributed by atoms with Gasteiger partial charge in [-0.2, -0.15) is 0 Å². The van der Waals surface area contributed by atoms with Crippen LogP contribution in [-0.2, 0) is 23.9 Å². The molecule has 0 saturated carbocycles. The first-order valence-electron chi connectivity index (χ1n) is 16.3. The maximum Gasteiger partial charge on any atom is 0.198 e. The number of unbranched alkanes of at least 4 members (excludes halogenated alkanes) is 9.